The number of aryl methyl sites for hydroxylation is 1. The number of hydrogen-bond donors (Lipinski definition) is 1. The third kappa shape index (κ3) is 4.71. The first-order valence-electron chi connectivity index (χ1n) is 12.8. The summed E-state index contributed by atoms with van der Waals surface area (Å²) >= 11 is 0. The summed E-state index contributed by atoms with van der Waals surface area (Å²) in [5, 5.41) is 0. The highest BCUT2D eigenvalue weighted by molar-refractivity contribution is 7.89. The topological polar surface area (TPSA) is 80.6 Å². The van der Waals surface area contributed by atoms with Gasteiger partial charge >= 0.3 is 0 Å². The zero-order valence-electron chi connectivity index (χ0n) is 21.1. The van der Waals surface area contributed by atoms with Crippen LogP contribution in [0.1, 0.15) is 61.3 Å². The van der Waals surface area contributed by atoms with E-state index < -0.39 is 10.0 Å². The van der Waals surface area contributed by atoms with Gasteiger partial charge in [0.15, 0.2) is 0 Å². The van der Waals surface area contributed by atoms with Crippen LogP contribution in [0.5, 0.6) is 5.75 Å². The second kappa shape index (κ2) is 9.81. The Balaban J connectivity index is 1.35. The van der Waals surface area contributed by atoms with Crippen molar-refractivity contribution in [3.05, 3.63) is 65.1 Å². The molecule has 7 nitrogen and oxygen atoms in total. The van der Waals surface area contributed by atoms with Gasteiger partial charge in [0.05, 0.1) is 17.7 Å². The van der Waals surface area contributed by atoms with Crippen LogP contribution < -0.4 is 9.46 Å². The molecule has 0 atom stereocenters. The summed E-state index contributed by atoms with van der Waals surface area (Å²) in [6.45, 7) is 5.73. The van der Waals surface area contributed by atoms with Crippen LogP contribution in [0.3, 0.4) is 0 Å². The summed E-state index contributed by atoms with van der Waals surface area (Å²) in [6.07, 6.45) is 11.0. The van der Waals surface area contributed by atoms with Gasteiger partial charge in [-0.15, -0.1) is 0 Å². The van der Waals surface area contributed by atoms with Crippen molar-refractivity contribution in [2.45, 2.75) is 55.8 Å². The molecule has 1 aromatic heterocycles. The average molecular weight is 510 g/mol. The lowest BCUT2D eigenvalue weighted by Crippen LogP contribution is -2.40. The fraction of sp³-hybridized carbons (Fsp3) is 0.464. The summed E-state index contributed by atoms with van der Waals surface area (Å²) in [5.41, 5.74) is 4.72. The lowest BCUT2D eigenvalue weighted by atomic mass is 9.85. The number of ether oxygens (including phenoxy) is 1. The van der Waals surface area contributed by atoms with Crippen LogP contribution in [0.25, 0.3) is 6.08 Å². The minimum absolute atomic E-state index is 0.176. The predicted molar refractivity (Wildman–Crippen MR) is 140 cm³/mol. The molecule has 5 rings (SSSR count). The Labute approximate surface area is 213 Å². The van der Waals surface area contributed by atoms with Gasteiger partial charge in [0, 0.05) is 49.9 Å². The van der Waals surface area contributed by atoms with Crippen LogP contribution in [0.4, 0.5) is 0 Å². The number of nitrogens with zero attached hydrogens (tertiary/aromatic N) is 2. The standard InChI is InChI=1S/C28H35N3O4S/c1-19-16-27-24(17-26(19)29-36(33,34)23-10-8-22(35-3)9-11-23)25(18-30(27)2)20-12-14-31(15-13-20)28(32)21-6-4-5-7-21/h8-11,17-18,20-21,29H,1,4-7,12-16H2,2-3H3. The number of likely N-dealkylation sites (tertiary alicyclic amines) is 1. The number of fused-ring (bicyclic) bond motifs is 1. The number of aromatic nitrogens is 1. The molecule has 1 saturated carbocycles. The number of carbonyl (C=O) groups is 1. The molecule has 2 aliphatic carbocycles. The van der Waals surface area contributed by atoms with Gasteiger partial charge in [-0.1, -0.05) is 19.4 Å². The molecule has 1 aliphatic heterocycles. The lowest BCUT2D eigenvalue weighted by molar-refractivity contribution is -0.136. The number of piperidine rings is 1. The van der Waals surface area contributed by atoms with E-state index in [0.29, 0.717) is 29.7 Å². The average Bonchev–Trinajstić information content (AvgIpc) is 3.53. The smallest absolute Gasteiger partial charge is 0.261 e. The molecule has 0 unspecified atom stereocenters. The molecule has 0 bridgehead atoms. The molecule has 192 valence electrons. The van der Waals surface area contributed by atoms with E-state index >= 15 is 0 Å². The molecule has 1 amide bonds. The number of nitrogens with one attached hydrogen (secondary N) is 1. The number of benzene rings is 1. The molecule has 0 spiro atoms. The molecule has 36 heavy (non-hydrogen) atoms. The molecular weight excluding hydrogens is 474 g/mol. The van der Waals surface area contributed by atoms with Gasteiger partial charge in [0.2, 0.25) is 5.91 Å². The van der Waals surface area contributed by atoms with Crippen molar-refractivity contribution in [1.29, 1.82) is 0 Å². The monoisotopic (exact) mass is 509 g/mol. The fourth-order valence-electron chi connectivity index (χ4n) is 5.87. The van der Waals surface area contributed by atoms with Crippen molar-refractivity contribution in [2.75, 3.05) is 20.2 Å². The van der Waals surface area contributed by atoms with Gasteiger partial charge in [0.25, 0.3) is 10.0 Å². The number of allylic oxidation sites excluding steroid dienone is 1. The molecule has 1 aromatic carbocycles. The molecule has 8 heteroatoms. The molecule has 2 heterocycles. The molecule has 2 fully saturated rings. The Bertz CT molecular complexity index is 1290. The van der Waals surface area contributed by atoms with Crippen molar-refractivity contribution in [2.24, 2.45) is 13.0 Å². The second-order valence-electron chi connectivity index (χ2n) is 10.3. The van der Waals surface area contributed by atoms with E-state index in [1.165, 1.54) is 30.5 Å². The van der Waals surface area contributed by atoms with Crippen molar-refractivity contribution < 1.29 is 17.9 Å². The van der Waals surface area contributed by atoms with E-state index in [1.54, 1.807) is 19.2 Å². The normalized spacial score (nSPS) is 19.2. The maximum Gasteiger partial charge on any atom is 0.261 e. The van der Waals surface area contributed by atoms with E-state index in [9.17, 15) is 13.2 Å². The summed E-state index contributed by atoms with van der Waals surface area (Å²) in [4.78, 5) is 15.1. The summed E-state index contributed by atoms with van der Waals surface area (Å²) in [6, 6.07) is 6.34. The Kier molecular flexibility index (Phi) is 6.72. The molecule has 1 saturated heterocycles. The molecule has 3 aliphatic rings. The van der Waals surface area contributed by atoms with Crippen LogP contribution in [-0.4, -0.2) is 44.0 Å². The number of amides is 1. The number of hydrogen-bond acceptors (Lipinski definition) is 4. The summed E-state index contributed by atoms with van der Waals surface area (Å²) in [5.74, 6) is 1.51. The van der Waals surface area contributed by atoms with Crippen molar-refractivity contribution in [3.8, 4) is 5.75 Å². The molecule has 2 aromatic rings. The van der Waals surface area contributed by atoms with Crippen LogP contribution in [0.15, 0.2) is 53.2 Å². The predicted octanol–water partition coefficient (Wildman–Crippen LogP) is 4.36. The first-order valence-corrected chi connectivity index (χ1v) is 14.3. The zero-order chi connectivity index (χ0) is 25.4. The van der Waals surface area contributed by atoms with Gasteiger partial charge < -0.3 is 14.2 Å². The fourth-order valence-corrected chi connectivity index (χ4v) is 6.98. The lowest BCUT2D eigenvalue weighted by Gasteiger charge is -2.34. The molecular formula is C28H35N3O4S. The van der Waals surface area contributed by atoms with E-state index in [4.69, 9.17) is 4.74 Å². The van der Waals surface area contributed by atoms with Crippen LogP contribution in [0, 0.1) is 5.92 Å². The molecule has 0 radical (unpaired) electrons. The largest absolute Gasteiger partial charge is 0.497 e. The minimum atomic E-state index is -3.76. The van der Waals surface area contributed by atoms with Gasteiger partial charge in [-0.3, -0.25) is 9.52 Å². The van der Waals surface area contributed by atoms with E-state index in [0.717, 1.165) is 55.6 Å². The maximum absolute atomic E-state index is 13.1. The number of sulfonamides is 1. The Morgan fingerprint density at radius 2 is 1.75 bits per heavy atom. The summed E-state index contributed by atoms with van der Waals surface area (Å²) < 4.78 is 36.2. The summed E-state index contributed by atoms with van der Waals surface area (Å²) in [7, 11) is -0.179. The third-order valence-corrected chi connectivity index (χ3v) is 9.38. The Hall–Kier alpha value is -3.00. The number of carbonyl (C=O) groups excluding carboxylic acids is 1. The highest BCUT2D eigenvalue weighted by Crippen LogP contribution is 2.38. The van der Waals surface area contributed by atoms with Crippen LogP contribution in [0.2, 0.25) is 0 Å². The third-order valence-electron chi connectivity index (χ3n) is 8.00. The first kappa shape index (κ1) is 24.7. The minimum Gasteiger partial charge on any atom is -0.497 e. The second-order valence-corrected chi connectivity index (χ2v) is 11.9. The maximum atomic E-state index is 13.1. The van der Waals surface area contributed by atoms with E-state index in [-0.39, 0.29) is 10.8 Å². The van der Waals surface area contributed by atoms with Gasteiger partial charge in [-0.25, -0.2) is 8.42 Å². The van der Waals surface area contributed by atoms with Crippen molar-refractivity contribution in [3.63, 3.8) is 0 Å². The number of rotatable bonds is 6. The first-order chi connectivity index (χ1) is 17.3. The van der Waals surface area contributed by atoms with E-state index in [2.05, 4.69) is 27.0 Å². The van der Waals surface area contributed by atoms with Gasteiger partial charge in [-0.05, 0) is 73.1 Å². The van der Waals surface area contributed by atoms with E-state index in [1.807, 2.05) is 13.1 Å². The Morgan fingerprint density at radius 3 is 2.39 bits per heavy atom. The quantitative estimate of drug-likeness (QED) is 0.627. The van der Waals surface area contributed by atoms with Crippen LogP contribution in [-0.2, 0) is 28.3 Å². The van der Waals surface area contributed by atoms with Crippen molar-refractivity contribution >= 4 is 22.0 Å². The SMILES string of the molecule is C=C1Cc2c(c(C3CCN(C(=O)C4CCCC4)CC3)cn2C)C=C1NS(=O)(=O)c1ccc(OC)cc1. The number of methoxy groups -OCH3 is 1. The van der Waals surface area contributed by atoms with Crippen molar-refractivity contribution in [1.82, 2.24) is 14.2 Å². The van der Waals surface area contributed by atoms with Gasteiger partial charge in [-0.2, -0.15) is 0 Å². The highest BCUT2D eigenvalue weighted by Gasteiger charge is 2.32. The Morgan fingerprint density at radius 1 is 1.08 bits per heavy atom. The van der Waals surface area contributed by atoms with Crippen LogP contribution >= 0.6 is 0 Å². The van der Waals surface area contributed by atoms with Gasteiger partial charge in [0.1, 0.15) is 5.75 Å². The highest BCUT2D eigenvalue weighted by atomic mass is 32.2. The molecule has 1 N–H and O–H groups in total. The zero-order valence-corrected chi connectivity index (χ0v) is 21.9.